The van der Waals surface area contributed by atoms with Crippen molar-refractivity contribution in [3.8, 4) is 5.75 Å². The van der Waals surface area contributed by atoms with Crippen molar-refractivity contribution in [3.63, 3.8) is 0 Å². The van der Waals surface area contributed by atoms with Gasteiger partial charge in [-0.2, -0.15) is 0 Å². The van der Waals surface area contributed by atoms with Crippen molar-refractivity contribution in [2.75, 3.05) is 6.07 Å². The molecule has 0 atom stereocenters. The second-order valence-corrected chi connectivity index (χ2v) is 3.55. The number of hydrogen-bond acceptors (Lipinski definition) is 1. The summed E-state index contributed by atoms with van der Waals surface area (Å²) in [6.07, 6.45) is 7.85. The number of unbranched alkanes of at least 4 members (excludes halogenated alkanes) is 2. The van der Waals surface area contributed by atoms with Crippen LogP contribution in [0.5, 0.6) is 5.75 Å². The molecule has 82 valence electrons. The van der Waals surface area contributed by atoms with Crippen molar-refractivity contribution >= 4 is 17.7 Å². The highest BCUT2D eigenvalue weighted by molar-refractivity contribution is 6.17. The Morgan fingerprint density at radius 3 is 2.87 bits per heavy atom. The van der Waals surface area contributed by atoms with Crippen molar-refractivity contribution < 1.29 is 4.74 Å². The van der Waals surface area contributed by atoms with E-state index in [-0.39, 0.29) is 6.07 Å². The molecule has 1 aromatic rings. The predicted octanol–water partition coefficient (Wildman–Crippen LogP) is 4.47. The fraction of sp³-hybridized carbons (Fsp3) is 0.385. The van der Waals surface area contributed by atoms with E-state index in [1.807, 2.05) is 24.3 Å². The van der Waals surface area contributed by atoms with Gasteiger partial charge in [-0.25, -0.2) is 0 Å². The smallest absolute Gasteiger partial charge is 0.162 e. The molecule has 0 N–H and O–H groups in total. The first-order valence-electron chi connectivity index (χ1n) is 5.32. The third kappa shape index (κ3) is 4.39. The largest absolute Gasteiger partial charge is 0.477 e. The number of hydrogen-bond donors (Lipinski definition) is 0. The Kier molecular flexibility index (Phi) is 5.94. The molecule has 0 aliphatic carbocycles. The fourth-order valence-electron chi connectivity index (χ4n) is 1.34. The van der Waals surface area contributed by atoms with Gasteiger partial charge in [0.05, 0.1) is 0 Å². The van der Waals surface area contributed by atoms with E-state index < -0.39 is 0 Å². The molecular weight excluding hydrogens is 208 g/mol. The van der Waals surface area contributed by atoms with Crippen LogP contribution >= 0.6 is 11.6 Å². The van der Waals surface area contributed by atoms with Gasteiger partial charge in [0.15, 0.2) is 6.07 Å². The zero-order valence-corrected chi connectivity index (χ0v) is 9.83. The van der Waals surface area contributed by atoms with Gasteiger partial charge in [0.1, 0.15) is 5.75 Å². The number of alkyl halides is 1. The number of halogens is 1. The van der Waals surface area contributed by atoms with Crippen LogP contribution in [0.25, 0.3) is 6.08 Å². The Morgan fingerprint density at radius 2 is 2.13 bits per heavy atom. The van der Waals surface area contributed by atoms with Crippen LogP contribution in [0, 0.1) is 0 Å². The molecule has 0 unspecified atom stereocenters. The summed E-state index contributed by atoms with van der Waals surface area (Å²) in [6.45, 7) is 2.19. The topological polar surface area (TPSA) is 9.23 Å². The lowest BCUT2D eigenvalue weighted by atomic mass is 10.1. The second kappa shape index (κ2) is 7.36. The monoisotopic (exact) mass is 224 g/mol. The normalized spacial score (nSPS) is 10.8. The molecule has 0 aliphatic heterocycles. The van der Waals surface area contributed by atoms with Gasteiger partial charge in [-0.1, -0.05) is 61.7 Å². The van der Waals surface area contributed by atoms with Gasteiger partial charge in [-0.15, -0.1) is 0 Å². The molecule has 1 nitrogen and oxygen atoms in total. The molecule has 0 saturated carbocycles. The van der Waals surface area contributed by atoms with Crippen LogP contribution in [0.3, 0.4) is 0 Å². The third-order valence-electron chi connectivity index (χ3n) is 2.15. The Balaban J connectivity index is 2.62. The van der Waals surface area contributed by atoms with Crippen molar-refractivity contribution in [2.24, 2.45) is 0 Å². The van der Waals surface area contributed by atoms with E-state index in [1.54, 1.807) is 0 Å². The highest BCUT2D eigenvalue weighted by Gasteiger charge is 1.97. The lowest BCUT2D eigenvalue weighted by Gasteiger charge is -2.05. The lowest BCUT2D eigenvalue weighted by molar-refractivity contribution is 0.387. The molecule has 15 heavy (non-hydrogen) atoms. The average molecular weight is 225 g/mol. The van der Waals surface area contributed by atoms with Crippen LogP contribution in [0.15, 0.2) is 30.3 Å². The molecule has 0 aromatic heterocycles. The van der Waals surface area contributed by atoms with Crippen molar-refractivity contribution in [1.82, 2.24) is 0 Å². The quantitative estimate of drug-likeness (QED) is 0.512. The highest BCUT2D eigenvalue weighted by atomic mass is 35.5. The Hall–Kier alpha value is -0.950. The molecule has 0 aliphatic rings. The van der Waals surface area contributed by atoms with Crippen LogP contribution in [-0.2, 0) is 0 Å². The third-order valence-corrected chi connectivity index (χ3v) is 2.26. The minimum atomic E-state index is 0.194. The molecular formula is C13H17ClO. The van der Waals surface area contributed by atoms with Crippen LogP contribution < -0.4 is 4.74 Å². The Labute approximate surface area is 96.7 Å². The molecule has 1 rings (SSSR count). The maximum Gasteiger partial charge on any atom is 0.162 e. The Morgan fingerprint density at radius 1 is 1.33 bits per heavy atom. The van der Waals surface area contributed by atoms with Gasteiger partial charge in [0.25, 0.3) is 0 Å². The van der Waals surface area contributed by atoms with E-state index in [1.165, 1.54) is 12.8 Å². The summed E-state index contributed by atoms with van der Waals surface area (Å²) in [5, 5.41) is 0. The number of benzene rings is 1. The fourth-order valence-corrected chi connectivity index (χ4v) is 1.46. The zero-order valence-electron chi connectivity index (χ0n) is 9.08. The highest BCUT2D eigenvalue weighted by Crippen LogP contribution is 2.20. The summed E-state index contributed by atoms with van der Waals surface area (Å²) < 4.78 is 5.31. The SMILES string of the molecule is CCCC/C=C/c1ccccc1OCCl. The molecule has 0 saturated heterocycles. The minimum Gasteiger partial charge on any atom is -0.477 e. The second-order valence-electron chi connectivity index (χ2n) is 3.34. The number of allylic oxidation sites excluding steroid dienone is 1. The number of para-hydroxylation sites is 1. The van der Waals surface area contributed by atoms with E-state index in [0.717, 1.165) is 17.7 Å². The van der Waals surface area contributed by atoms with Gasteiger partial charge < -0.3 is 4.74 Å². The Bertz CT molecular complexity index is 307. The van der Waals surface area contributed by atoms with Crippen LogP contribution in [0.4, 0.5) is 0 Å². The summed E-state index contributed by atoms with van der Waals surface area (Å²) in [4.78, 5) is 0. The lowest BCUT2D eigenvalue weighted by Crippen LogP contribution is -1.90. The summed E-state index contributed by atoms with van der Waals surface area (Å²) in [5.41, 5.74) is 1.09. The predicted molar refractivity (Wildman–Crippen MR) is 66.3 cm³/mol. The first-order valence-corrected chi connectivity index (χ1v) is 5.86. The van der Waals surface area contributed by atoms with Crippen LogP contribution in [0.2, 0.25) is 0 Å². The molecule has 0 heterocycles. The van der Waals surface area contributed by atoms with Gasteiger partial charge >= 0.3 is 0 Å². The summed E-state index contributed by atoms with van der Waals surface area (Å²) in [5.74, 6) is 0.847. The van der Waals surface area contributed by atoms with E-state index in [2.05, 4.69) is 19.1 Å². The first-order chi connectivity index (χ1) is 7.38. The average Bonchev–Trinajstić information content (AvgIpc) is 2.27. The first kappa shape index (κ1) is 12.1. The molecule has 0 bridgehead atoms. The number of rotatable bonds is 6. The molecule has 1 aromatic carbocycles. The standard InChI is InChI=1S/C13H17ClO/c1-2-3-4-5-8-12-9-6-7-10-13(12)15-11-14/h5-10H,2-4,11H2,1H3/b8-5+. The maximum atomic E-state index is 5.55. The molecule has 0 spiro atoms. The molecule has 0 amide bonds. The molecule has 0 fully saturated rings. The summed E-state index contributed by atoms with van der Waals surface area (Å²) in [6, 6.07) is 8.11. The van der Waals surface area contributed by atoms with E-state index >= 15 is 0 Å². The van der Waals surface area contributed by atoms with Gasteiger partial charge in [0, 0.05) is 5.56 Å². The van der Waals surface area contributed by atoms with Crippen molar-refractivity contribution in [1.29, 1.82) is 0 Å². The van der Waals surface area contributed by atoms with Gasteiger partial charge in [-0.05, 0) is 12.5 Å². The number of ether oxygens (including phenoxy) is 1. The zero-order chi connectivity index (χ0) is 10.9. The maximum absolute atomic E-state index is 5.55. The van der Waals surface area contributed by atoms with Crippen molar-refractivity contribution in [3.05, 3.63) is 35.9 Å². The van der Waals surface area contributed by atoms with Gasteiger partial charge in [0.2, 0.25) is 0 Å². The van der Waals surface area contributed by atoms with E-state index in [9.17, 15) is 0 Å². The molecule has 2 heteroatoms. The van der Waals surface area contributed by atoms with Gasteiger partial charge in [-0.3, -0.25) is 0 Å². The summed E-state index contributed by atoms with van der Waals surface area (Å²) >= 11 is 5.55. The van der Waals surface area contributed by atoms with Crippen molar-refractivity contribution in [2.45, 2.75) is 26.2 Å². The summed E-state index contributed by atoms with van der Waals surface area (Å²) in [7, 11) is 0. The molecule has 0 radical (unpaired) electrons. The van der Waals surface area contributed by atoms with E-state index in [4.69, 9.17) is 16.3 Å². The van der Waals surface area contributed by atoms with E-state index in [0.29, 0.717) is 0 Å². The van der Waals surface area contributed by atoms with Crippen LogP contribution in [0.1, 0.15) is 31.7 Å². The van der Waals surface area contributed by atoms with Crippen LogP contribution in [-0.4, -0.2) is 6.07 Å². The minimum absolute atomic E-state index is 0.194.